The molecule has 1 rings (SSSR count). The van der Waals surface area contributed by atoms with Gasteiger partial charge in [-0.05, 0) is 0 Å². The van der Waals surface area contributed by atoms with E-state index in [1.54, 1.807) is 5.92 Å². The molecule has 0 aromatic rings. The van der Waals surface area contributed by atoms with E-state index in [0.29, 0.717) is 0 Å². The maximum absolute atomic E-state index is 9.97. The van der Waals surface area contributed by atoms with Crippen LogP contribution in [0.25, 0.3) is 0 Å². The van der Waals surface area contributed by atoms with Crippen molar-refractivity contribution in [1.29, 1.82) is 0 Å². The molecule has 0 bridgehead atoms. The van der Waals surface area contributed by atoms with Gasteiger partial charge in [0.15, 0.2) is 0 Å². The Kier molecular flexibility index (Phi) is 7.96. The normalized spacial score (nSPS) is 17.1. The van der Waals surface area contributed by atoms with Crippen LogP contribution >= 0.6 is 0 Å². The molecule has 29 heavy (non-hydrogen) atoms. The molecular weight excluding hydrogens is 361 g/mol. The van der Waals surface area contributed by atoms with Crippen molar-refractivity contribution in [2.75, 3.05) is 0 Å². The predicted molar refractivity (Wildman–Crippen MR) is 120 cm³/mol. The van der Waals surface area contributed by atoms with Crippen molar-refractivity contribution in [1.82, 2.24) is 0 Å². The molecule has 0 heterocycles. The molecule has 11 heteroatoms. The second kappa shape index (κ2) is 9.56. The molecule has 0 aromatic carbocycles. The van der Waals surface area contributed by atoms with Gasteiger partial charge in [0.1, 0.15) is 0 Å². The van der Waals surface area contributed by atoms with E-state index in [2.05, 4.69) is 6.58 Å². The molecule has 1 aliphatic carbocycles. The Morgan fingerprint density at radius 1 is 1.03 bits per heavy atom. The third kappa shape index (κ3) is 5.14. The van der Waals surface area contributed by atoms with Gasteiger partial charge >= 0.3 is 176 Å². The first-order valence-corrected chi connectivity index (χ1v) is 7.91. The molecule has 0 aliphatic heterocycles. The van der Waals surface area contributed by atoms with Crippen LogP contribution in [-0.2, 0) is 0 Å². The van der Waals surface area contributed by atoms with Crippen molar-refractivity contribution >= 4 is 57.2 Å². The first-order valence-electron chi connectivity index (χ1n) is 7.91. The Hall–Kier alpha value is -2.87. The topological polar surface area (TPSA) is 101 Å². The van der Waals surface area contributed by atoms with Gasteiger partial charge in [0.05, 0.1) is 0 Å². The summed E-state index contributed by atoms with van der Waals surface area (Å²) in [6.07, 6.45) is 4.58. The summed E-state index contributed by atoms with van der Waals surface area (Å²) in [5, 5.41) is 48.2. The van der Waals surface area contributed by atoms with Crippen LogP contribution in [0.2, 0.25) is 0 Å². The quantitative estimate of drug-likeness (QED) is 0.198. The summed E-state index contributed by atoms with van der Waals surface area (Å²) < 4.78 is 0. The Labute approximate surface area is 176 Å². The second-order valence-corrected chi connectivity index (χ2v) is 6.00. The second-order valence-electron chi connectivity index (χ2n) is 6.00. The number of allylic oxidation sites excluding steroid dienone is 7. The maximum atomic E-state index is 9.97. The Bertz CT molecular complexity index is 1000. The zero-order valence-corrected chi connectivity index (χ0v) is 15.4. The van der Waals surface area contributed by atoms with E-state index in [4.69, 9.17) is 52.8 Å². The Morgan fingerprint density at radius 2 is 1.59 bits per heavy atom. The molecule has 0 unspecified atom stereocenters. The average molecular weight is 373 g/mol. The van der Waals surface area contributed by atoms with Crippen molar-refractivity contribution in [2.45, 2.75) is 12.8 Å². The minimum absolute atomic E-state index is 0.0135. The Balaban J connectivity index is 3.69. The fourth-order valence-electron chi connectivity index (χ4n) is 2.52. The zero-order valence-electron chi connectivity index (χ0n) is 15.4. The van der Waals surface area contributed by atoms with Crippen LogP contribution < -0.4 is 0 Å². The molecule has 0 atom stereocenters. The standard InChI is InChI=1S/C18H12B6O5/c1-3-11(26)17(29)16(28)10(20)4-7-9(19)5-8(18(23)24)12(13(7)21)14(22)15(27)6(2)25/h1,25-29H,2,4-5H2/b15-14-,16-10-,17-11-. The molecule has 5 N–H and O–H groups in total. The van der Waals surface area contributed by atoms with Crippen LogP contribution in [0.5, 0.6) is 0 Å². The van der Waals surface area contributed by atoms with Crippen molar-refractivity contribution in [3.05, 3.63) is 68.5 Å². The third-order valence-electron chi connectivity index (χ3n) is 4.05. The molecule has 0 aromatic heterocycles. The summed E-state index contributed by atoms with van der Waals surface area (Å²) >= 11 is 0. The third-order valence-corrected chi connectivity index (χ3v) is 4.05. The van der Waals surface area contributed by atoms with Crippen LogP contribution in [0.4, 0.5) is 0 Å². The molecule has 10 radical (unpaired) electrons. The summed E-state index contributed by atoms with van der Waals surface area (Å²) in [4.78, 5) is 0. The molecule has 132 valence electrons. The van der Waals surface area contributed by atoms with Gasteiger partial charge in [-0.3, -0.25) is 0 Å². The number of hydrogen-bond donors (Lipinski definition) is 5. The molecule has 0 saturated carbocycles. The molecular formula is C18H12B6O5. The van der Waals surface area contributed by atoms with E-state index in [1.807, 2.05) is 0 Å². The molecule has 0 saturated heterocycles. The van der Waals surface area contributed by atoms with Gasteiger partial charge in [-0.15, -0.1) is 0 Å². The molecule has 0 fully saturated rings. The van der Waals surface area contributed by atoms with Crippen LogP contribution in [-0.4, -0.2) is 82.7 Å². The van der Waals surface area contributed by atoms with E-state index in [1.165, 1.54) is 0 Å². The number of terminal acetylenes is 1. The van der Waals surface area contributed by atoms with Crippen LogP contribution in [0.15, 0.2) is 68.5 Å². The first kappa shape index (κ1) is 24.2. The number of rotatable bonds is 6. The SMILES string of the molecule is [B]C(=[B])C1=C(/C([B])=C(/O)C(=C)O)C([B])=C(C/C([B])=C(O)\C(O)=C(\O)C#C)C(=[B])C1. The van der Waals surface area contributed by atoms with Gasteiger partial charge in [0.2, 0.25) is 0 Å². The number of hydrogen-bond acceptors (Lipinski definition) is 5. The monoisotopic (exact) mass is 374 g/mol. The summed E-state index contributed by atoms with van der Waals surface area (Å²) in [5.41, 5.74) is -0.317. The molecule has 0 spiro atoms. The van der Waals surface area contributed by atoms with Gasteiger partial charge in [0, 0.05) is 0 Å². The van der Waals surface area contributed by atoms with Gasteiger partial charge < -0.3 is 0 Å². The van der Waals surface area contributed by atoms with E-state index < -0.39 is 28.8 Å². The molecule has 0 amide bonds. The minimum atomic E-state index is -1.01. The van der Waals surface area contributed by atoms with E-state index in [9.17, 15) is 25.5 Å². The van der Waals surface area contributed by atoms with Crippen molar-refractivity contribution in [2.24, 2.45) is 0 Å². The van der Waals surface area contributed by atoms with E-state index >= 15 is 0 Å². The zero-order chi connectivity index (χ0) is 22.6. The fourth-order valence-corrected chi connectivity index (χ4v) is 2.52. The fraction of sp³-hybridized carbons (Fsp3) is 0.111. The summed E-state index contributed by atoms with van der Waals surface area (Å²) in [6.45, 7) is 3.17. The van der Waals surface area contributed by atoms with Crippen molar-refractivity contribution in [3.63, 3.8) is 0 Å². The van der Waals surface area contributed by atoms with Gasteiger partial charge in [0.25, 0.3) is 0 Å². The number of aliphatic hydroxyl groups excluding tert-OH is 5. The van der Waals surface area contributed by atoms with E-state index in [0.717, 1.165) is 0 Å². The average Bonchev–Trinajstić information content (AvgIpc) is 2.67. The number of aliphatic hydroxyl groups is 5. The summed E-state index contributed by atoms with van der Waals surface area (Å²) in [7, 11) is 35.1. The molecule has 1 aliphatic rings. The summed E-state index contributed by atoms with van der Waals surface area (Å²) in [5.74, 6) is -2.57. The van der Waals surface area contributed by atoms with Crippen LogP contribution in [0.1, 0.15) is 12.8 Å². The van der Waals surface area contributed by atoms with Crippen LogP contribution in [0, 0.1) is 12.3 Å². The van der Waals surface area contributed by atoms with Gasteiger partial charge in [-0.2, -0.15) is 0 Å². The molecule has 5 nitrogen and oxygen atoms in total. The van der Waals surface area contributed by atoms with Gasteiger partial charge in [-0.25, -0.2) is 0 Å². The van der Waals surface area contributed by atoms with E-state index in [-0.39, 0.29) is 56.8 Å². The van der Waals surface area contributed by atoms with Crippen molar-refractivity contribution < 1.29 is 25.5 Å². The summed E-state index contributed by atoms with van der Waals surface area (Å²) in [6, 6.07) is 0. The van der Waals surface area contributed by atoms with Crippen molar-refractivity contribution in [3.8, 4) is 12.3 Å². The van der Waals surface area contributed by atoms with Gasteiger partial charge in [-0.1, -0.05) is 0 Å². The Morgan fingerprint density at radius 3 is 2.03 bits per heavy atom. The van der Waals surface area contributed by atoms with Crippen LogP contribution in [0.3, 0.4) is 0 Å². The first-order chi connectivity index (χ1) is 13.3. The predicted octanol–water partition coefficient (Wildman–Crippen LogP) is 0.216.